The lowest BCUT2D eigenvalue weighted by Crippen LogP contribution is -2.22. The van der Waals surface area contributed by atoms with Crippen LogP contribution in [0.2, 0.25) is 0 Å². The van der Waals surface area contributed by atoms with E-state index in [-0.39, 0.29) is 55.8 Å². The summed E-state index contributed by atoms with van der Waals surface area (Å²) in [6.07, 6.45) is 1.11. The Labute approximate surface area is 140 Å². The molecule has 7 heteroatoms. The number of aldehydes is 1. The zero-order valence-electron chi connectivity index (χ0n) is 13.9. The van der Waals surface area contributed by atoms with Crippen molar-refractivity contribution in [2.75, 3.05) is 13.2 Å². The fraction of sp³-hybridized carbons (Fsp3) is 0.529. The summed E-state index contributed by atoms with van der Waals surface area (Å²) in [5.41, 5.74) is -0.665. The Morgan fingerprint density at radius 3 is 2.12 bits per heavy atom. The SMILES string of the molecule is CCOC(=O)C1=C(\O)CCC(=O)CCC/C(C=O)=C\1C(=O)OCC. The third-order valence-electron chi connectivity index (χ3n) is 3.50. The first kappa shape index (κ1) is 19.6. The van der Waals surface area contributed by atoms with Gasteiger partial charge in [-0.1, -0.05) is 0 Å². The van der Waals surface area contributed by atoms with E-state index >= 15 is 0 Å². The number of aliphatic hydroxyl groups excluding tert-OH is 1. The van der Waals surface area contributed by atoms with Gasteiger partial charge in [-0.25, -0.2) is 9.59 Å². The van der Waals surface area contributed by atoms with Crippen molar-refractivity contribution in [3.63, 3.8) is 0 Å². The molecule has 0 radical (unpaired) electrons. The molecule has 0 unspecified atom stereocenters. The molecular weight excluding hydrogens is 316 g/mol. The van der Waals surface area contributed by atoms with E-state index in [9.17, 15) is 24.3 Å². The summed E-state index contributed by atoms with van der Waals surface area (Å²) in [5, 5.41) is 10.3. The molecule has 0 aromatic rings. The second-order valence-corrected chi connectivity index (χ2v) is 5.17. The minimum atomic E-state index is -0.926. The smallest absolute Gasteiger partial charge is 0.342 e. The van der Waals surface area contributed by atoms with Crippen molar-refractivity contribution in [3.8, 4) is 0 Å². The maximum atomic E-state index is 12.3. The summed E-state index contributed by atoms with van der Waals surface area (Å²) in [4.78, 5) is 47.7. The second kappa shape index (κ2) is 9.64. The number of hydrogen-bond acceptors (Lipinski definition) is 7. The van der Waals surface area contributed by atoms with Crippen molar-refractivity contribution in [1.29, 1.82) is 0 Å². The number of carbonyl (C=O) groups is 4. The van der Waals surface area contributed by atoms with Crippen molar-refractivity contribution < 1.29 is 33.8 Å². The number of allylic oxidation sites excluding steroid dienone is 2. The van der Waals surface area contributed by atoms with Gasteiger partial charge in [-0.2, -0.15) is 0 Å². The number of aliphatic hydroxyl groups is 1. The molecule has 0 aliphatic heterocycles. The average molecular weight is 338 g/mol. The molecule has 1 aliphatic carbocycles. The molecule has 0 bridgehead atoms. The lowest BCUT2D eigenvalue weighted by Gasteiger charge is -2.16. The highest BCUT2D eigenvalue weighted by Crippen LogP contribution is 2.27. The van der Waals surface area contributed by atoms with Crippen LogP contribution in [0.4, 0.5) is 0 Å². The number of ether oxygens (including phenoxy) is 2. The number of carbonyl (C=O) groups excluding carboxylic acids is 4. The Morgan fingerprint density at radius 1 is 1.00 bits per heavy atom. The minimum absolute atomic E-state index is 0.0118. The van der Waals surface area contributed by atoms with Crippen LogP contribution in [0.3, 0.4) is 0 Å². The van der Waals surface area contributed by atoms with E-state index in [4.69, 9.17) is 9.47 Å². The molecule has 0 saturated heterocycles. The molecule has 0 saturated carbocycles. The van der Waals surface area contributed by atoms with E-state index in [1.54, 1.807) is 13.8 Å². The summed E-state index contributed by atoms with van der Waals surface area (Å²) in [6.45, 7) is 3.24. The van der Waals surface area contributed by atoms with E-state index in [1.807, 2.05) is 0 Å². The maximum absolute atomic E-state index is 12.3. The molecule has 0 fully saturated rings. The van der Waals surface area contributed by atoms with Gasteiger partial charge < -0.3 is 14.6 Å². The molecule has 0 aromatic heterocycles. The van der Waals surface area contributed by atoms with Crippen LogP contribution >= 0.6 is 0 Å². The summed E-state index contributed by atoms with van der Waals surface area (Å²) >= 11 is 0. The highest BCUT2D eigenvalue weighted by molar-refractivity contribution is 6.10. The second-order valence-electron chi connectivity index (χ2n) is 5.17. The van der Waals surface area contributed by atoms with E-state index in [0.717, 1.165) is 0 Å². The molecule has 7 nitrogen and oxygen atoms in total. The normalized spacial score (nSPS) is 22.7. The molecule has 1 rings (SSSR count). The lowest BCUT2D eigenvalue weighted by atomic mass is 9.92. The fourth-order valence-electron chi connectivity index (χ4n) is 2.39. The highest BCUT2D eigenvalue weighted by atomic mass is 16.5. The number of ketones is 1. The largest absolute Gasteiger partial charge is 0.511 e. The first-order valence-electron chi connectivity index (χ1n) is 7.92. The Bertz CT molecular complexity index is 584. The van der Waals surface area contributed by atoms with E-state index in [1.165, 1.54) is 0 Å². The van der Waals surface area contributed by atoms with Gasteiger partial charge in [0.2, 0.25) is 0 Å². The zero-order chi connectivity index (χ0) is 18.1. The minimum Gasteiger partial charge on any atom is -0.511 e. The highest BCUT2D eigenvalue weighted by Gasteiger charge is 2.31. The van der Waals surface area contributed by atoms with Gasteiger partial charge in [-0.3, -0.25) is 9.59 Å². The molecule has 0 atom stereocenters. The summed E-state index contributed by atoms with van der Waals surface area (Å²) in [5.74, 6) is -2.34. The van der Waals surface area contributed by atoms with Gasteiger partial charge >= 0.3 is 11.9 Å². The van der Waals surface area contributed by atoms with Crippen LogP contribution in [0.5, 0.6) is 0 Å². The van der Waals surface area contributed by atoms with Gasteiger partial charge in [0.15, 0.2) is 0 Å². The van der Waals surface area contributed by atoms with Gasteiger partial charge in [-0.15, -0.1) is 0 Å². The molecule has 1 N–H and O–H groups in total. The van der Waals surface area contributed by atoms with E-state index in [2.05, 4.69) is 0 Å². The molecule has 0 aromatic carbocycles. The van der Waals surface area contributed by atoms with Crippen LogP contribution in [0, 0.1) is 0 Å². The third-order valence-corrected chi connectivity index (χ3v) is 3.50. The predicted molar refractivity (Wildman–Crippen MR) is 84.1 cm³/mol. The number of Topliss-reactive ketones (excluding diaryl/α,β-unsaturated/α-hetero) is 1. The van der Waals surface area contributed by atoms with Gasteiger partial charge in [0, 0.05) is 24.8 Å². The van der Waals surface area contributed by atoms with Crippen molar-refractivity contribution >= 4 is 24.0 Å². The van der Waals surface area contributed by atoms with Crippen LogP contribution < -0.4 is 0 Å². The van der Waals surface area contributed by atoms with E-state index < -0.39 is 23.3 Å². The Kier molecular flexibility index (Phi) is 7.88. The average Bonchev–Trinajstić information content (AvgIpc) is 2.55. The predicted octanol–water partition coefficient (Wildman–Crippen LogP) is 1.95. The van der Waals surface area contributed by atoms with Crippen molar-refractivity contribution in [3.05, 3.63) is 22.5 Å². The van der Waals surface area contributed by atoms with Crippen molar-refractivity contribution in [1.82, 2.24) is 0 Å². The van der Waals surface area contributed by atoms with Crippen LogP contribution in [0.25, 0.3) is 0 Å². The number of esters is 2. The summed E-state index contributed by atoms with van der Waals surface area (Å²) < 4.78 is 9.83. The molecule has 0 amide bonds. The van der Waals surface area contributed by atoms with Crippen LogP contribution in [0.1, 0.15) is 46.0 Å². The van der Waals surface area contributed by atoms with Gasteiger partial charge in [0.1, 0.15) is 23.4 Å². The first-order chi connectivity index (χ1) is 11.5. The lowest BCUT2D eigenvalue weighted by molar-refractivity contribution is -0.142. The molecule has 0 heterocycles. The van der Waals surface area contributed by atoms with Crippen molar-refractivity contribution in [2.24, 2.45) is 0 Å². The quantitative estimate of drug-likeness (QED) is 0.603. The van der Waals surface area contributed by atoms with Gasteiger partial charge in [-0.05, 0) is 26.7 Å². The Morgan fingerprint density at radius 2 is 1.58 bits per heavy atom. The summed E-state index contributed by atoms with van der Waals surface area (Å²) in [7, 11) is 0. The topological polar surface area (TPSA) is 107 Å². The monoisotopic (exact) mass is 338 g/mol. The van der Waals surface area contributed by atoms with Crippen LogP contribution in [0.15, 0.2) is 22.5 Å². The standard InChI is InChI=1S/C17H22O7/c1-3-23-16(21)14-11(10-18)6-5-7-12(19)8-9-13(20)15(14)17(22)24-4-2/h10,20H,3-9H2,1-2H3/b14-11-,15-13-. The third kappa shape index (κ3) is 5.04. The Hall–Kier alpha value is -2.44. The van der Waals surface area contributed by atoms with Crippen LogP contribution in [-0.4, -0.2) is 42.3 Å². The molecule has 132 valence electrons. The molecule has 0 spiro atoms. The van der Waals surface area contributed by atoms with Gasteiger partial charge in [0.25, 0.3) is 0 Å². The van der Waals surface area contributed by atoms with Gasteiger partial charge in [0.05, 0.1) is 18.8 Å². The molecule has 1 aliphatic rings. The van der Waals surface area contributed by atoms with Crippen molar-refractivity contribution in [2.45, 2.75) is 46.0 Å². The first-order valence-corrected chi connectivity index (χ1v) is 7.92. The fourth-order valence-corrected chi connectivity index (χ4v) is 2.39. The zero-order valence-corrected chi connectivity index (χ0v) is 13.9. The Balaban J connectivity index is 3.53. The number of rotatable bonds is 5. The number of hydrogen-bond donors (Lipinski definition) is 1. The van der Waals surface area contributed by atoms with E-state index in [0.29, 0.717) is 12.7 Å². The maximum Gasteiger partial charge on any atom is 0.342 e. The molecule has 24 heavy (non-hydrogen) atoms. The molecular formula is C17H22O7. The summed E-state index contributed by atoms with van der Waals surface area (Å²) in [6, 6.07) is 0. The van der Waals surface area contributed by atoms with Crippen LogP contribution in [-0.2, 0) is 28.7 Å².